The summed E-state index contributed by atoms with van der Waals surface area (Å²) in [5, 5.41) is 29.0. The number of aliphatic hydroxyl groups is 2. The van der Waals surface area contributed by atoms with E-state index in [-0.39, 0.29) is 19.1 Å². The number of hydrogen-bond acceptors (Lipinski definition) is 9. The normalized spacial score (nSPS) is 23.1. The summed E-state index contributed by atoms with van der Waals surface area (Å²) >= 11 is 0. The molecule has 2 saturated heterocycles. The highest BCUT2D eigenvalue weighted by Crippen LogP contribution is 2.33. The molecule has 3 atom stereocenters. The number of aliphatic hydroxyl groups excluding tert-OH is 1. The van der Waals surface area contributed by atoms with Crippen LogP contribution in [-0.2, 0) is 0 Å². The van der Waals surface area contributed by atoms with Crippen molar-refractivity contribution in [2.75, 3.05) is 41.3 Å². The third-order valence-electron chi connectivity index (χ3n) is 7.12. The van der Waals surface area contributed by atoms with E-state index in [1.807, 2.05) is 17.7 Å². The van der Waals surface area contributed by atoms with Crippen LogP contribution in [0.2, 0.25) is 0 Å². The summed E-state index contributed by atoms with van der Waals surface area (Å²) in [5.41, 5.74) is 0.248. The molecule has 3 unspecified atom stereocenters. The lowest BCUT2D eigenvalue weighted by atomic mass is 9.94. The minimum absolute atomic E-state index is 0.115. The Labute approximate surface area is 203 Å². The van der Waals surface area contributed by atoms with Gasteiger partial charge in [0.15, 0.2) is 5.82 Å². The number of pyridine rings is 1. The molecule has 10 nitrogen and oxygen atoms in total. The number of piperidine rings is 1. The fourth-order valence-corrected chi connectivity index (χ4v) is 4.64. The van der Waals surface area contributed by atoms with Gasteiger partial charge < -0.3 is 25.3 Å². The van der Waals surface area contributed by atoms with Gasteiger partial charge in [-0.2, -0.15) is 10.1 Å². The zero-order valence-electron chi connectivity index (χ0n) is 20.4. The molecule has 5 rings (SSSR count). The van der Waals surface area contributed by atoms with Crippen LogP contribution in [0.15, 0.2) is 24.5 Å². The number of rotatable bonds is 6. The smallest absolute Gasteiger partial charge is 0.227 e. The zero-order valence-corrected chi connectivity index (χ0v) is 20.4. The van der Waals surface area contributed by atoms with Crippen molar-refractivity contribution in [3.05, 3.63) is 24.5 Å². The van der Waals surface area contributed by atoms with E-state index in [0.717, 1.165) is 17.3 Å². The largest absolute Gasteiger partial charge is 0.390 e. The Bertz CT molecular complexity index is 1180. The summed E-state index contributed by atoms with van der Waals surface area (Å²) in [7, 11) is 0. The zero-order chi connectivity index (χ0) is 24.7. The Kier molecular flexibility index (Phi) is 6.22. The van der Waals surface area contributed by atoms with Gasteiger partial charge in [-0.25, -0.2) is 14.4 Å². The molecule has 0 spiro atoms. The Morgan fingerprint density at radius 1 is 1.20 bits per heavy atom. The first-order valence-corrected chi connectivity index (χ1v) is 12.3. The van der Waals surface area contributed by atoms with Gasteiger partial charge in [0.1, 0.15) is 23.9 Å². The molecule has 2 aliphatic rings. The predicted molar refractivity (Wildman–Crippen MR) is 133 cm³/mol. The number of aromatic nitrogens is 5. The van der Waals surface area contributed by atoms with Gasteiger partial charge in [-0.3, -0.25) is 4.68 Å². The minimum Gasteiger partial charge on any atom is -0.390 e. The van der Waals surface area contributed by atoms with Crippen LogP contribution in [0.4, 0.5) is 27.8 Å². The van der Waals surface area contributed by atoms with E-state index in [4.69, 9.17) is 5.10 Å². The quantitative estimate of drug-likeness (QED) is 0.486. The van der Waals surface area contributed by atoms with E-state index in [1.54, 1.807) is 23.4 Å². The minimum atomic E-state index is -1.29. The Morgan fingerprint density at radius 3 is 2.66 bits per heavy atom. The van der Waals surface area contributed by atoms with E-state index >= 15 is 0 Å². The number of β-amino-alcohol motifs (C(OH)–C–C–N with tert-alkyl or cyclic N) is 1. The first kappa shape index (κ1) is 23.7. The van der Waals surface area contributed by atoms with Crippen molar-refractivity contribution in [2.24, 2.45) is 0 Å². The lowest BCUT2D eigenvalue weighted by molar-refractivity contribution is 0.0349. The topological polar surface area (TPSA) is 115 Å². The maximum atomic E-state index is 14.0. The van der Waals surface area contributed by atoms with Crippen molar-refractivity contribution in [3.8, 4) is 0 Å². The van der Waals surface area contributed by atoms with Crippen molar-refractivity contribution in [2.45, 2.75) is 64.0 Å². The second-order valence-corrected chi connectivity index (χ2v) is 9.95. The van der Waals surface area contributed by atoms with Gasteiger partial charge >= 0.3 is 0 Å². The van der Waals surface area contributed by atoms with Crippen LogP contribution < -0.4 is 15.1 Å². The fraction of sp³-hybridized carbons (Fsp3) is 0.583. The van der Waals surface area contributed by atoms with Crippen molar-refractivity contribution in [1.82, 2.24) is 24.7 Å². The second-order valence-electron chi connectivity index (χ2n) is 9.95. The molecule has 188 valence electrons. The van der Waals surface area contributed by atoms with Gasteiger partial charge in [-0.05, 0) is 39.2 Å². The van der Waals surface area contributed by atoms with Gasteiger partial charge in [0, 0.05) is 44.1 Å². The number of fused-ring (bicyclic) bond motifs is 1. The first-order chi connectivity index (χ1) is 16.7. The highest BCUT2D eigenvalue weighted by atomic mass is 19.1. The summed E-state index contributed by atoms with van der Waals surface area (Å²) in [6.45, 7) is 7.77. The standard InChI is InChI=1S/C24H33FN8O2/c1-4-15(2)33-18-11-21(27-12-16(18)22(30-33)32-13-17(25)19(34)14-32)28-20-5-8-26-23(29-20)31-9-6-24(3,35)7-10-31/h5,8,11-12,15,17,19,34-35H,4,6-7,9-10,13-14H2,1-3H3,(H,26,27,28,29). The summed E-state index contributed by atoms with van der Waals surface area (Å²) in [6, 6.07) is 3.86. The van der Waals surface area contributed by atoms with Crippen LogP contribution in [0.25, 0.3) is 10.9 Å². The van der Waals surface area contributed by atoms with Crippen molar-refractivity contribution in [1.29, 1.82) is 0 Å². The predicted octanol–water partition coefficient (Wildman–Crippen LogP) is 2.81. The van der Waals surface area contributed by atoms with Gasteiger partial charge in [0.25, 0.3) is 0 Å². The number of alkyl halides is 1. The number of nitrogens with zero attached hydrogens (tertiary/aromatic N) is 7. The second kappa shape index (κ2) is 9.19. The molecule has 0 radical (unpaired) electrons. The average molecular weight is 485 g/mol. The molecule has 0 aliphatic carbocycles. The molecule has 0 aromatic carbocycles. The van der Waals surface area contributed by atoms with E-state index in [9.17, 15) is 14.6 Å². The number of anilines is 4. The van der Waals surface area contributed by atoms with Crippen LogP contribution in [0.3, 0.4) is 0 Å². The molecule has 3 N–H and O–H groups in total. The molecular formula is C24H33FN8O2. The lowest BCUT2D eigenvalue weighted by Crippen LogP contribution is -2.43. The molecular weight excluding hydrogens is 451 g/mol. The van der Waals surface area contributed by atoms with E-state index < -0.39 is 17.9 Å². The summed E-state index contributed by atoms with van der Waals surface area (Å²) in [4.78, 5) is 17.5. The molecule has 35 heavy (non-hydrogen) atoms. The third-order valence-corrected chi connectivity index (χ3v) is 7.12. The van der Waals surface area contributed by atoms with Gasteiger partial charge in [-0.15, -0.1) is 0 Å². The van der Waals surface area contributed by atoms with Gasteiger partial charge in [0.2, 0.25) is 5.95 Å². The van der Waals surface area contributed by atoms with Gasteiger partial charge in [0.05, 0.1) is 23.0 Å². The molecule has 5 heterocycles. The molecule has 0 amide bonds. The Morgan fingerprint density at radius 2 is 1.97 bits per heavy atom. The van der Waals surface area contributed by atoms with Crippen LogP contribution in [0.5, 0.6) is 0 Å². The molecule has 2 aliphatic heterocycles. The monoisotopic (exact) mass is 484 g/mol. The number of nitrogens with one attached hydrogen (secondary N) is 1. The maximum absolute atomic E-state index is 14.0. The van der Waals surface area contributed by atoms with Crippen molar-refractivity contribution in [3.63, 3.8) is 0 Å². The van der Waals surface area contributed by atoms with E-state index in [1.165, 1.54) is 0 Å². The number of hydrogen-bond donors (Lipinski definition) is 3. The first-order valence-electron chi connectivity index (χ1n) is 12.3. The Hall–Kier alpha value is -3.05. The summed E-state index contributed by atoms with van der Waals surface area (Å²) < 4.78 is 16.0. The summed E-state index contributed by atoms with van der Waals surface area (Å²) in [5.74, 6) is 2.50. The average Bonchev–Trinajstić information content (AvgIpc) is 3.38. The van der Waals surface area contributed by atoms with E-state index in [0.29, 0.717) is 49.3 Å². The van der Waals surface area contributed by atoms with Crippen LogP contribution in [0, 0.1) is 0 Å². The molecule has 11 heteroatoms. The molecule has 2 fully saturated rings. The highest BCUT2D eigenvalue weighted by molar-refractivity contribution is 5.92. The van der Waals surface area contributed by atoms with E-state index in [2.05, 4.69) is 39.0 Å². The SMILES string of the molecule is CCC(C)n1nc(N2CC(O)C(F)C2)c2cnc(Nc3ccnc(N4CCC(C)(O)CC4)n3)cc21. The van der Waals surface area contributed by atoms with Crippen LogP contribution >= 0.6 is 0 Å². The molecule has 3 aromatic heterocycles. The van der Waals surface area contributed by atoms with Gasteiger partial charge in [-0.1, -0.05) is 6.92 Å². The summed E-state index contributed by atoms with van der Waals surface area (Å²) in [6.07, 6.45) is 3.39. The van der Waals surface area contributed by atoms with Crippen LogP contribution in [-0.4, -0.2) is 79.0 Å². The third kappa shape index (κ3) is 4.74. The fourth-order valence-electron chi connectivity index (χ4n) is 4.64. The van der Waals surface area contributed by atoms with Crippen molar-refractivity contribution >= 4 is 34.3 Å². The molecule has 0 bridgehead atoms. The Balaban J connectivity index is 1.42. The molecule has 3 aromatic rings. The van der Waals surface area contributed by atoms with Crippen LogP contribution in [0.1, 0.15) is 46.1 Å². The number of halogens is 1. The molecule has 0 saturated carbocycles. The van der Waals surface area contributed by atoms with Crippen molar-refractivity contribution < 1.29 is 14.6 Å². The maximum Gasteiger partial charge on any atom is 0.227 e. The lowest BCUT2D eigenvalue weighted by Gasteiger charge is -2.35. The highest BCUT2D eigenvalue weighted by Gasteiger charge is 2.34.